The summed E-state index contributed by atoms with van der Waals surface area (Å²) in [6.45, 7) is 1.42. The molecule has 6 heteroatoms. The summed E-state index contributed by atoms with van der Waals surface area (Å²) in [4.78, 5) is 17.8. The number of fused-ring (bicyclic) bond motifs is 1. The minimum atomic E-state index is -0.711. The molecule has 1 atom stereocenters. The molecule has 1 aliphatic rings. The van der Waals surface area contributed by atoms with Crippen molar-refractivity contribution in [2.45, 2.75) is 12.8 Å². The van der Waals surface area contributed by atoms with Crippen molar-refractivity contribution in [3.63, 3.8) is 0 Å². The Kier molecular flexibility index (Phi) is 3.48. The number of ether oxygens (including phenoxy) is 1. The third kappa shape index (κ3) is 2.43. The number of aliphatic carboxylic acids is 1. The van der Waals surface area contributed by atoms with E-state index in [0.29, 0.717) is 6.54 Å². The summed E-state index contributed by atoms with van der Waals surface area (Å²) in [5.74, 6) is -0.183. The van der Waals surface area contributed by atoms with Gasteiger partial charge >= 0.3 is 5.97 Å². The topological polar surface area (TPSA) is 62.7 Å². The number of rotatable bonds is 3. The molecule has 0 spiro atoms. The molecule has 1 unspecified atom stereocenters. The lowest BCUT2D eigenvalue weighted by Gasteiger charge is -2.30. The van der Waals surface area contributed by atoms with Crippen molar-refractivity contribution in [1.82, 2.24) is 4.98 Å². The summed E-state index contributed by atoms with van der Waals surface area (Å²) in [6.07, 6.45) is 1.65. The molecule has 0 saturated carbocycles. The molecule has 3 rings (SSSR count). The number of nitrogens with zero attached hydrogens (tertiary/aromatic N) is 2. The molecule has 0 bridgehead atoms. The highest BCUT2D eigenvalue weighted by Crippen LogP contribution is 2.33. The van der Waals surface area contributed by atoms with Gasteiger partial charge in [0.15, 0.2) is 5.13 Å². The number of benzene rings is 1. The van der Waals surface area contributed by atoms with Crippen LogP contribution >= 0.6 is 11.3 Å². The standard InChI is InChI=1S/C14H16N2O3S/c1-19-10-4-5-11-12(7-10)20-14(15-11)16-6-2-3-9(8-16)13(17)18/h4-5,7,9H,2-3,6,8H2,1H3,(H,17,18). The fourth-order valence-corrected chi connectivity index (χ4v) is 3.54. The third-order valence-electron chi connectivity index (χ3n) is 3.63. The molecule has 1 saturated heterocycles. The van der Waals surface area contributed by atoms with Crippen LogP contribution in [0.2, 0.25) is 0 Å². The first-order valence-electron chi connectivity index (χ1n) is 6.59. The second-order valence-corrected chi connectivity index (χ2v) is 5.96. The quantitative estimate of drug-likeness (QED) is 0.942. The fourth-order valence-electron chi connectivity index (χ4n) is 2.51. The molecule has 2 heterocycles. The number of methoxy groups -OCH3 is 1. The van der Waals surface area contributed by atoms with Crippen LogP contribution in [0.25, 0.3) is 10.2 Å². The van der Waals surface area contributed by atoms with Gasteiger partial charge in [0.1, 0.15) is 5.75 Å². The molecule has 1 aromatic heterocycles. The van der Waals surface area contributed by atoms with Crippen molar-refractivity contribution >= 4 is 32.7 Å². The monoisotopic (exact) mass is 292 g/mol. The van der Waals surface area contributed by atoms with E-state index in [0.717, 1.165) is 40.5 Å². The van der Waals surface area contributed by atoms with Gasteiger partial charge in [-0.1, -0.05) is 11.3 Å². The van der Waals surface area contributed by atoms with E-state index in [1.807, 2.05) is 18.2 Å². The van der Waals surface area contributed by atoms with Gasteiger partial charge in [0.2, 0.25) is 0 Å². The van der Waals surface area contributed by atoms with E-state index in [-0.39, 0.29) is 5.92 Å². The summed E-state index contributed by atoms with van der Waals surface area (Å²) < 4.78 is 6.28. The van der Waals surface area contributed by atoms with Crippen molar-refractivity contribution in [2.75, 3.05) is 25.1 Å². The van der Waals surface area contributed by atoms with Gasteiger partial charge in [-0.3, -0.25) is 4.79 Å². The van der Waals surface area contributed by atoms with E-state index < -0.39 is 5.97 Å². The van der Waals surface area contributed by atoms with Crippen LogP contribution < -0.4 is 9.64 Å². The van der Waals surface area contributed by atoms with Crippen molar-refractivity contribution in [3.8, 4) is 5.75 Å². The number of carboxylic acid groups (broad SMARTS) is 1. The van der Waals surface area contributed by atoms with Gasteiger partial charge in [-0.15, -0.1) is 0 Å². The van der Waals surface area contributed by atoms with E-state index in [4.69, 9.17) is 9.84 Å². The van der Waals surface area contributed by atoms with Crippen LogP contribution in [0.4, 0.5) is 5.13 Å². The number of aromatic nitrogens is 1. The van der Waals surface area contributed by atoms with Crippen LogP contribution in [0.1, 0.15) is 12.8 Å². The Labute approximate surface area is 120 Å². The Morgan fingerprint density at radius 2 is 2.40 bits per heavy atom. The largest absolute Gasteiger partial charge is 0.497 e. The SMILES string of the molecule is COc1ccc2nc(N3CCCC(C(=O)O)C3)sc2c1. The Bertz CT molecular complexity index is 640. The Hall–Kier alpha value is -1.82. The molecule has 0 aliphatic carbocycles. The van der Waals surface area contributed by atoms with Crippen LogP contribution in [-0.4, -0.2) is 36.3 Å². The molecular formula is C14H16N2O3S. The summed E-state index contributed by atoms with van der Waals surface area (Å²) in [7, 11) is 1.64. The molecule has 1 fully saturated rings. The van der Waals surface area contributed by atoms with Gasteiger partial charge in [0.25, 0.3) is 0 Å². The zero-order chi connectivity index (χ0) is 14.1. The number of anilines is 1. The third-order valence-corrected chi connectivity index (χ3v) is 4.70. The van der Waals surface area contributed by atoms with E-state index in [1.165, 1.54) is 0 Å². The predicted molar refractivity (Wildman–Crippen MR) is 78.7 cm³/mol. The average molecular weight is 292 g/mol. The molecule has 5 nitrogen and oxygen atoms in total. The predicted octanol–water partition coefficient (Wildman–Crippen LogP) is 2.61. The lowest BCUT2D eigenvalue weighted by molar-refractivity contribution is -0.141. The van der Waals surface area contributed by atoms with E-state index >= 15 is 0 Å². The minimum Gasteiger partial charge on any atom is -0.497 e. The highest BCUT2D eigenvalue weighted by Gasteiger charge is 2.27. The van der Waals surface area contributed by atoms with Gasteiger partial charge in [0, 0.05) is 13.1 Å². The van der Waals surface area contributed by atoms with Gasteiger partial charge in [-0.05, 0) is 31.0 Å². The number of hydrogen-bond donors (Lipinski definition) is 1. The lowest BCUT2D eigenvalue weighted by atomic mass is 9.99. The van der Waals surface area contributed by atoms with Crippen molar-refractivity contribution in [1.29, 1.82) is 0 Å². The number of carboxylic acids is 1. The van der Waals surface area contributed by atoms with Crippen LogP contribution in [-0.2, 0) is 4.79 Å². The number of thiazole rings is 1. The van der Waals surface area contributed by atoms with Gasteiger partial charge in [0.05, 0.1) is 23.2 Å². The Morgan fingerprint density at radius 3 is 3.15 bits per heavy atom. The van der Waals surface area contributed by atoms with E-state index in [2.05, 4.69) is 9.88 Å². The zero-order valence-electron chi connectivity index (χ0n) is 11.2. The van der Waals surface area contributed by atoms with Gasteiger partial charge in [-0.2, -0.15) is 0 Å². The van der Waals surface area contributed by atoms with Gasteiger partial charge in [-0.25, -0.2) is 4.98 Å². The Morgan fingerprint density at radius 1 is 1.55 bits per heavy atom. The molecule has 20 heavy (non-hydrogen) atoms. The minimum absolute atomic E-state index is 0.287. The van der Waals surface area contributed by atoms with Crippen LogP contribution in [0.15, 0.2) is 18.2 Å². The smallest absolute Gasteiger partial charge is 0.308 e. The van der Waals surface area contributed by atoms with E-state index in [9.17, 15) is 4.79 Å². The maximum atomic E-state index is 11.1. The maximum Gasteiger partial charge on any atom is 0.308 e. The molecule has 106 valence electrons. The fraction of sp³-hybridized carbons (Fsp3) is 0.429. The Balaban J connectivity index is 1.88. The second-order valence-electron chi connectivity index (χ2n) is 4.95. The summed E-state index contributed by atoms with van der Waals surface area (Å²) in [5.41, 5.74) is 0.934. The van der Waals surface area contributed by atoms with Gasteiger partial charge < -0.3 is 14.7 Å². The molecule has 1 aliphatic heterocycles. The molecule has 0 radical (unpaired) electrons. The van der Waals surface area contributed by atoms with Crippen molar-refractivity contribution < 1.29 is 14.6 Å². The number of carbonyl (C=O) groups is 1. The first-order valence-corrected chi connectivity index (χ1v) is 7.41. The summed E-state index contributed by atoms with van der Waals surface area (Å²) in [5, 5.41) is 10.1. The number of piperidine rings is 1. The van der Waals surface area contributed by atoms with Crippen molar-refractivity contribution in [3.05, 3.63) is 18.2 Å². The zero-order valence-corrected chi connectivity index (χ0v) is 12.0. The molecule has 1 N–H and O–H groups in total. The highest BCUT2D eigenvalue weighted by atomic mass is 32.1. The first-order chi connectivity index (χ1) is 9.67. The molecule has 0 amide bonds. The normalized spacial score (nSPS) is 19.2. The van der Waals surface area contributed by atoms with Crippen LogP contribution in [0, 0.1) is 5.92 Å². The maximum absolute atomic E-state index is 11.1. The van der Waals surface area contributed by atoms with Crippen LogP contribution in [0.3, 0.4) is 0 Å². The second kappa shape index (κ2) is 5.28. The van der Waals surface area contributed by atoms with Crippen molar-refractivity contribution in [2.24, 2.45) is 5.92 Å². The summed E-state index contributed by atoms with van der Waals surface area (Å²) >= 11 is 1.59. The summed E-state index contributed by atoms with van der Waals surface area (Å²) in [6, 6.07) is 5.80. The highest BCUT2D eigenvalue weighted by molar-refractivity contribution is 7.22. The number of hydrogen-bond acceptors (Lipinski definition) is 5. The molecular weight excluding hydrogens is 276 g/mol. The first kappa shape index (κ1) is 13.2. The molecule has 1 aromatic carbocycles. The molecule has 2 aromatic rings. The van der Waals surface area contributed by atoms with Crippen LogP contribution in [0.5, 0.6) is 5.75 Å². The lowest BCUT2D eigenvalue weighted by Crippen LogP contribution is -2.38. The average Bonchev–Trinajstić information content (AvgIpc) is 2.90. The van der Waals surface area contributed by atoms with E-state index in [1.54, 1.807) is 18.4 Å².